The Balaban J connectivity index is 2.51. The molecule has 0 aliphatic carbocycles. The molecule has 0 aliphatic heterocycles. The van der Waals surface area contributed by atoms with Crippen LogP contribution in [0.1, 0.15) is 18.9 Å². The van der Waals surface area contributed by atoms with Crippen molar-refractivity contribution in [1.82, 2.24) is 0 Å². The molecule has 0 atom stereocenters. The molecule has 0 saturated heterocycles. The summed E-state index contributed by atoms with van der Waals surface area (Å²) >= 11 is 0. The lowest BCUT2D eigenvalue weighted by molar-refractivity contribution is 0.469. The number of rotatable bonds is 3. The van der Waals surface area contributed by atoms with E-state index in [4.69, 9.17) is 0 Å². The second-order valence-electron chi connectivity index (χ2n) is 4.12. The molecule has 88 valence electrons. The van der Waals surface area contributed by atoms with Gasteiger partial charge in [0, 0.05) is 11.1 Å². The molecule has 0 saturated carbocycles. The molecule has 0 spiro atoms. The molecule has 0 radical (unpaired) electrons. The first-order valence-electron chi connectivity index (χ1n) is 5.82. The van der Waals surface area contributed by atoms with E-state index in [0.717, 1.165) is 12.8 Å². The molecule has 2 aromatic carbocycles. The van der Waals surface area contributed by atoms with Crippen LogP contribution in [-0.4, -0.2) is 10.2 Å². The molecule has 2 rings (SSSR count). The largest absolute Gasteiger partial charge is 0.507 e. The summed E-state index contributed by atoms with van der Waals surface area (Å²) in [5.41, 5.74) is 2.53. The first kappa shape index (κ1) is 11.5. The summed E-state index contributed by atoms with van der Waals surface area (Å²) in [7, 11) is 0. The van der Waals surface area contributed by atoms with Gasteiger partial charge in [0.1, 0.15) is 11.5 Å². The van der Waals surface area contributed by atoms with Gasteiger partial charge in [-0.1, -0.05) is 37.6 Å². The van der Waals surface area contributed by atoms with Gasteiger partial charge in [-0.3, -0.25) is 0 Å². The molecule has 0 amide bonds. The fourth-order valence-electron chi connectivity index (χ4n) is 1.94. The highest BCUT2D eigenvalue weighted by atomic mass is 16.3. The van der Waals surface area contributed by atoms with Crippen molar-refractivity contribution in [3.8, 4) is 22.6 Å². The van der Waals surface area contributed by atoms with E-state index in [-0.39, 0.29) is 11.5 Å². The van der Waals surface area contributed by atoms with E-state index in [1.165, 1.54) is 5.56 Å². The first-order valence-corrected chi connectivity index (χ1v) is 5.82. The van der Waals surface area contributed by atoms with Gasteiger partial charge in [-0.15, -0.1) is 0 Å². The van der Waals surface area contributed by atoms with E-state index in [0.29, 0.717) is 11.1 Å². The van der Waals surface area contributed by atoms with Gasteiger partial charge in [0.15, 0.2) is 0 Å². The summed E-state index contributed by atoms with van der Waals surface area (Å²) in [5.74, 6) is 0.391. The van der Waals surface area contributed by atoms with Crippen molar-refractivity contribution in [3.05, 3.63) is 48.0 Å². The van der Waals surface area contributed by atoms with Crippen molar-refractivity contribution < 1.29 is 10.2 Å². The average molecular weight is 228 g/mol. The van der Waals surface area contributed by atoms with Gasteiger partial charge >= 0.3 is 0 Å². The second kappa shape index (κ2) is 4.91. The first-order chi connectivity index (χ1) is 8.22. The lowest BCUT2D eigenvalue weighted by Gasteiger charge is -2.09. The molecule has 17 heavy (non-hydrogen) atoms. The molecule has 2 N–H and O–H groups in total. The Hall–Kier alpha value is -1.96. The van der Waals surface area contributed by atoms with E-state index in [1.54, 1.807) is 24.3 Å². The van der Waals surface area contributed by atoms with Crippen molar-refractivity contribution in [1.29, 1.82) is 0 Å². The normalized spacial score (nSPS) is 10.4. The third kappa shape index (κ3) is 2.41. The topological polar surface area (TPSA) is 40.5 Å². The Morgan fingerprint density at radius 3 is 2.29 bits per heavy atom. The van der Waals surface area contributed by atoms with Crippen LogP contribution in [0, 0.1) is 0 Å². The van der Waals surface area contributed by atoms with Crippen molar-refractivity contribution in [2.75, 3.05) is 0 Å². The van der Waals surface area contributed by atoms with E-state index < -0.39 is 0 Å². The standard InChI is InChI=1S/C15H16O2/c1-2-5-11-8-9-15(17)13(10-11)12-6-3-4-7-14(12)16/h3-4,6-10,16-17H,2,5H2,1H3. The maximum absolute atomic E-state index is 9.87. The molecule has 0 heterocycles. The van der Waals surface area contributed by atoms with E-state index >= 15 is 0 Å². The lowest BCUT2D eigenvalue weighted by Crippen LogP contribution is -1.86. The van der Waals surface area contributed by atoms with Gasteiger partial charge in [-0.05, 0) is 30.2 Å². The van der Waals surface area contributed by atoms with Crippen molar-refractivity contribution >= 4 is 0 Å². The minimum absolute atomic E-state index is 0.191. The summed E-state index contributed by atoms with van der Waals surface area (Å²) in [5, 5.41) is 19.7. The fourth-order valence-corrected chi connectivity index (χ4v) is 1.94. The van der Waals surface area contributed by atoms with Crippen LogP contribution in [0.25, 0.3) is 11.1 Å². The molecule has 0 aromatic heterocycles. The SMILES string of the molecule is CCCc1ccc(O)c(-c2ccccc2O)c1. The Bertz CT molecular complexity index is 518. The molecule has 0 bridgehead atoms. The highest BCUT2D eigenvalue weighted by molar-refractivity contribution is 5.75. The van der Waals surface area contributed by atoms with Crippen LogP contribution in [0.2, 0.25) is 0 Å². The highest BCUT2D eigenvalue weighted by Gasteiger charge is 2.08. The van der Waals surface area contributed by atoms with Crippen LogP contribution in [0.15, 0.2) is 42.5 Å². The molecule has 2 heteroatoms. The third-order valence-corrected chi connectivity index (χ3v) is 2.79. The Kier molecular flexibility index (Phi) is 3.33. The summed E-state index contributed by atoms with van der Waals surface area (Å²) in [4.78, 5) is 0. The number of benzene rings is 2. The van der Waals surface area contributed by atoms with Crippen molar-refractivity contribution in [3.63, 3.8) is 0 Å². The predicted octanol–water partition coefficient (Wildman–Crippen LogP) is 3.72. The monoisotopic (exact) mass is 228 g/mol. The molecule has 2 nitrogen and oxygen atoms in total. The van der Waals surface area contributed by atoms with Crippen molar-refractivity contribution in [2.24, 2.45) is 0 Å². The number of phenolic OH excluding ortho intramolecular Hbond substituents is 2. The zero-order chi connectivity index (χ0) is 12.3. The predicted molar refractivity (Wildman–Crippen MR) is 69.2 cm³/mol. The minimum atomic E-state index is 0.191. The number of para-hydroxylation sites is 1. The van der Waals surface area contributed by atoms with Gasteiger partial charge in [-0.25, -0.2) is 0 Å². The van der Waals surface area contributed by atoms with Crippen LogP contribution in [-0.2, 0) is 6.42 Å². The Morgan fingerprint density at radius 1 is 0.882 bits per heavy atom. The smallest absolute Gasteiger partial charge is 0.123 e. The minimum Gasteiger partial charge on any atom is -0.507 e. The van der Waals surface area contributed by atoms with Crippen molar-refractivity contribution in [2.45, 2.75) is 19.8 Å². The fraction of sp³-hybridized carbons (Fsp3) is 0.200. The summed E-state index contributed by atoms with van der Waals surface area (Å²) in [6, 6.07) is 12.6. The van der Waals surface area contributed by atoms with E-state index in [1.807, 2.05) is 18.2 Å². The second-order valence-corrected chi connectivity index (χ2v) is 4.12. The molecule has 0 unspecified atom stereocenters. The summed E-state index contributed by atoms with van der Waals surface area (Å²) < 4.78 is 0. The van der Waals surface area contributed by atoms with Gasteiger partial charge in [-0.2, -0.15) is 0 Å². The number of aromatic hydroxyl groups is 2. The summed E-state index contributed by atoms with van der Waals surface area (Å²) in [6.07, 6.45) is 2.03. The highest BCUT2D eigenvalue weighted by Crippen LogP contribution is 2.35. The maximum atomic E-state index is 9.87. The van der Waals surface area contributed by atoms with Gasteiger partial charge in [0.25, 0.3) is 0 Å². The van der Waals surface area contributed by atoms with Crippen LogP contribution in [0.4, 0.5) is 0 Å². The third-order valence-electron chi connectivity index (χ3n) is 2.79. The Morgan fingerprint density at radius 2 is 1.59 bits per heavy atom. The number of phenols is 2. The zero-order valence-corrected chi connectivity index (χ0v) is 9.85. The van der Waals surface area contributed by atoms with Crippen LogP contribution in [0.3, 0.4) is 0 Å². The lowest BCUT2D eigenvalue weighted by atomic mass is 9.99. The molecule has 2 aromatic rings. The number of hydrogen-bond donors (Lipinski definition) is 2. The van der Waals surface area contributed by atoms with Crippen LogP contribution < -0.4 is 0 Å². The van der Waals surface area contributed by atoms with Crippen LogP contribution >= 0.6 is 0 Å². The maximum Gasteiger partial charge on any atom is 0.123 e. The van der Waals surface area contributed by atoms with E-state index in [2.05, 4.69) is 6.92 Å². The number of aryl methyl sites for hydroxylation is 1. The Labute approximate surface area is 101 Å². The molecular formula is C15H16O2. The molecular weight excluding hydrogens is 212 g/mol. The zero-order valence-electron chi connectivity index (χ0n) is 9.85. The van der Waals surface area contributed by atoms with Crippen LogP contribution in [0.5, 0.6) is 11.5 Å². The average Bonchev–Trinajstić information content (AvgIpc) is 2.33. The van der Waals surface area contributed by atoms with E-state index in [9.17, 15) is 10.2 Å². The van der Waals surface area contributed by atoms with Gasteiger partial charge < -0.3 is 10.2 Å². The van der Waals surface area contributed by atoms with Gasteiger partial charge in [0.2, 0.25) is 0 Å². The number of hydrogen-bond acceptors (Lipinski definition) is 2. The summed E-state index contributed by atoms with van der Waals surface area (Å²) in [6.45, 7) is 2.12. The molecule has 0 aliphatic rings. The van der Waals surface area contributed by atoms with Gasteiger partial charge in [0.05, 0.1) is 0 Å². The molecule has 0 fully saturated rings. The quantitative estimate of drug-likeness (QED) is 0.840.